The zero-order valence-electron chi connectivity index (χ0n) is 10.6. The zero-order chi connectivity index (χ0) is 14.6. The zero-order valence-corrected chi connectivity index (χ0v) is 10.6. The maximum atomic E-state index is 13.3. The standard InChI is InChI=1S/C13H15F2NO3/c1-7(2)12(13(18)19)16-11(17)6-8-5-9(14)3-4-10(8)15/h3-5,7,12H,6H2,1-2H3,(H,16,17)(H,18,19). The van der Waals surface area contributed by atoms with Gasteiger partial charge in [-0.3, -0.25) is 4.79 Å². The Morgan fingerprint density at radius 2 is 1.95 bits per heavy atom. The Morgan fingerprint density at radius 3 is 2.47 bits per heavy atom. The number of carboxylic acids is 1. The van der Waals surface area contributed by atoms with Gasteiger partial charge in [-0.25, -0.2) is 13.6 Å². The van der Waals surface area contributed by atoms with Crippen LogP contribution >= 0.6 is 0 Å². The third-order valence-electron chi connectivity index (χ3n) is 2.61. The number of nitrogens with one attached hydrogen (secondary N) is 1. The molecule has 0 aliphatic heterocycles. The quantitative estimate of drug-likeness (QED) is 0.857. The number of benzene rings is 1. The van der Waals surface area contributed by atoms with E-state index in [1.807, 2.05) is 0 Å². The molecule has 19 heavy (non-hydrogen) atoms. The van der Waals surface area contributed by atoms with Gasteiger partial charge in [0.25, 0.3) is 0 Å². The van der Waals surface area contributed by atoms with Crippen molar-refractivity contribution in [3.63, 3.8) is 0 Å². The highest BCUT2D eigenvalue weighted by molar-refractivity contribution is 5.85. The lowest BCUT2D eigenvalue weighted by molar-refractivity contribution is -0.143. The van der Waals surface area contributed by atoms with E-state index in [-0.39, 0.29) is 11.5 Å². The molecule has 0 aliphatic rings. The van der Waals surface area contributed by atoms with Gasteiger partial charge in [-0.1, -0.05) is 13.8 Å². The summed E-state index contributed by atoms with van der Waals surface area (Å²) in [5, 5.41) is 11.2. The Bertz CT molecular complexity index is 489. The summed E-state index contributed by atoms with van der Waals surface area (Å²) in [5.41, 5.74) is -0.106. The molecule has 0 fully saturated rings. The van der Waals surface area contributed by atoms with E-state index >= 15 is 0 Å². The van der Waals surface area contributed by atoms with Crippen LogP contribution in [0.15, 0.2) is 18.2 Å². The highest BCUT2D eigenvalue weighted by Gasteiger charge is 2.23. The van der Waals surface area contributed by atoms with Gasteiger partial charge in [0.15, 0.2) is 0 Å². The fourth-order valence-corrected chi connectivity index (χ4v) is 1.59. The molecule has 2 N–H and O–H groups in total. The molecule has 1 aromatic carbocycles. The molecule has 1 aromatic rings. The molecule has 4 nitrogen and oxygen atoms in total. The average molecular weight is 271 g/mol. The molecule has 0 saturated carbocycles. The molecule has 0 aliphatic carbocycles. The number of carbonyl (C=O) groups excluding carboxylic acids is 1. The predicted octanol–water partition coefficient (Wildman–Crippen LogP) is 1.73. The molecule has 0 radical (unpaired) electrons. The molecule has 1 unspecified atom stereocenters. The first-order valence-electron chi connectivity index (χ1n) is 5.77. The van der Waals surface area contributed by atoms with Gasteiger partial charge in [-0.05, 0) is 24.1 Å². The highest BCUT2D eigenvalue weighted by Crippen LogP contribution is 2.11. The first-order chi connectivity index (χ1) is 8.81. The number of aliphatic carboxylic acids is 1. The lowest BCUT2D eigenvalue weighted by Gasteiger charge is -2.17. The Morgan fingerprint density at radius 1 is 1.32 bits per heavy atom. The summed E-state index contributed by atoms with van der Waals surface area (Å²) >= 11 is 0. The minimum atomic E-state index is -1.16. The fourth-order valence-electron chi connectivity index (χ4n) is 1.59. The maximum absolute atomic E-state index is 13.3. The molecule has 104 valence electrons. The molecule has 0 bridgehead atoms. The number of hydrogen-bond acceptors (Lipinski definition) is 2. The van der Waals surface area contributed by atoms with Crippen LogP contribution < -0.4 is 5.32 Å². The van der Waals surface area contributed by atoms with Crippen molar-refractivity contribution in [3.8, 4) is 0 Å². The molecule has 1 amide bonds. The third kappa shape index (κ3) is 4.31. The van der Waals surface area contributed by atoms with Crippen LogP contribution in [-0.4, -0.2) is 23.0 Å². The van der Waals surface area contributed by atoms with Crippen molar-refractivity contribution in [2.45, 2.75) is 26.3 Å². The number of amides is 1. The number of hydrogen-bond donors (Lipinski definition) is 2. The number of carbonyl (C=O) groups is 2. The summed E-state index contributed by atoms with van der Waals surface area (Å²) in [4.78, 5) is 22.5. The van der Waals surface area contributed by atoms with Gasteiger partial charge in [0.1, 0.15) is 17.7 Å². The van der Waals surface area contributed by atoms with Crippen LogP contribution in [0.5, 0.6) is 0 Å². The number of rotatable bonds is 5. The number of halogens is 2. The molecule has 1 atom stereocenters. The van der Waals surface area contributed by atoms with E-state index in [0.717, 1.165) is 18.2 Å². The molecule has 0 aromatic heterocycles. The normalized spacial score (nSPS) is 12.3. The monoisotopic (exact) mass is 271 g/mol. The lowest BCUT2D eigenvalue weighted by Crippen LogP contribution is -2.45. The minimum Gasteiger partial charge on any atom is -0.480 e. The third-order valence-corrected chi connectivity index (χ3v) is 2.61. The topological polar surface area (TPSA) is 66.4 Å². The molecule has 0 saturated heterocycles. The van der Waals surface area contributed by atoms with Crippen LogP contribution in [0.3, 0.4) is 0 Å². The van der Waals surface area contributed by atoms with E-state index in [0.29, 0.717) is 0 Å². The summed E-state index contributed by atoms with van der Waals surface area (Å²) in [6, 6.07) is 1.74. The summed E-state index contributed by atoms with van der Waals surface area (Å²) in [7, 11) is 0. The first-order valence-corrected chi connectivity index (χ1v) is 5.77. The molecular weight excluding hydrogens is 256 g/mol. The van der Waals surface area contributed by atoms with E-state index < -0.39 is 36.0 Å². The van der Waals surface area contributed by atoms with Crippen LogP contribution in [0.2, 0.25) is 0 Å². The molecule has 0 heterocycles. The molecular formula is C13H15F2NO3. The summed E-state index contributed by atoms with van der Waals surface area (Å²) in [5.74, 6) is -3.48. The summed E-state index contributed by atoms with van der Waals surface area (Å²) in [6.07, 6.45) is -0.403. The van der Waals surface area contributed by atoms with Gasteiger partial charge in [0, 0.05) is 5.56 Å². The minimum absolute atomic E-state index is 0.106. The largest absolute Gasteiger partial charge is 0.480 e. The molecule has 6 heteroatoms. The van der Waals surface area contributed by atoms with Crippen molar-refractivity contribution in [1.82, 2.24) is 5.32 Å². The lowest BCUT2D eigenvalue weighted by atomic mass is 10.0. The molecule has 1 rings (SSSR count). The highest BCUT2D eigenvalue weighted by atomic mass is 19.1. The van der Waals surface area contributed by atoms with Crippen LogP contribution in [0.4, 0.5) is 8.78 Å². The summed E-state index contributed by atoms with van der Waals surface area (Å²) in [6.45, 7) is 3.28. The van der Waals surface area contributed by atoms with Gasteiger partial charge in [0.05, 0.1) is 6.42 Å². The van der Waals surface area contributed by atoms with Crippen LogP contribution in [0.25, 0.3) is 0 Å². The smallest absolute Gasteiger partial charge is 0.326 e. The van der Waals surface area contributed by atoms with Crippen molar-refractivity contribution in [2.24, 2.45) is 5.92 Å². The van der Waals surface area contributed by atoms with Gasteiger partial charge < -0.3 is 10.4 Å². The fraction of sp³-hybridized carbons (Fsp3) is 0.385. The Balaban J connectivity index is 2.74. The second-order valence-electron chi connectivity index (χ2n) is 4.54. The molecule has 0 spiro atoms. The first kappa shape index (κ1) is 15.1. The van der Waals surface area contributed by atoms with Crippen LogP contribution in [0.1, 0.15) is 19.4 Å². The predicted molar refractivity (Wildman–Crippen MR) is 64.5 cm³/mol. The van der Waals surface area contributed by atoms with Gasteiger partial charge >= 0.3 is 5.97 Å². The second-order valence-corrected chi connectivity index (χ2v) is 4.54. The van der Waals surface area contributed by atoms with Crippen molar-refractivity contribution < 1.29 is 23.5 Å². The van der Waals surface area contributed by atoms with E-state index in [9.17, 15) is 18.4 Å². The SMILES string of the molecule is CC(C)C(NC(=O)Cc1cc(F)ccc1F)C(=O)O. The van der Waals surface area contributed by atoms with Gasteiger partial charge in [0.2, 0.25) is 5.91 Å². The van der Waals surface area contributed by atoms with E-state index in [1.165, 1.54) is 0 Å². The van der Waals surface area contributed by atoms with Crippen molar-refractivity contribution in [1.29, 1.82) is 0 Å². The number of carboxylic acid groups (broad SMARTS) is 1. The Kier molecular flexibility index (Phi) is 4.97. The van der Waals surface area contributed by atoms with Crippen molar-refractivity contribution in [3.05, 3.63) is 35.4 Å². The maximum Gasteiger partial charge on any atom is 0.326 e. The van der Waals surface area contributed by atoms with Crippen LogP contribution in [0, 0.1) is 17.6 Å². The summed E-state index contributed by atoms with van der Waals surface area (Å²) < 4.78 is 26.2. The van der Waals surface area contributed by atoms with Gasteiger partial charge in [-0.15, -0.1) is 0 Å². The van der Waals surface area contributed by atoms with E-state index in [1.54, 1.807) is 13.8 Å². The Labute approximate surface area is 109 Å². The Hall–Kier alpha value is -1.98. The van der Waals surface area contributed by atoms with E-state index in [2.05, 4.69) is 5.32 Å². The van der Waals surface area contributed by atoms with Gasteiger partial charge in [-0.2, -0.15) is 0 Å². The van der Waals surface area contributed by atoms with Crippen LogP contribution in [-0.2, 0) is 16.0 Å². The van der Waals surface area contributed by atoms with E-state index in [4.69, 9.17) is 5.11 Å². The average Bonchev–Trinajstić information content (AvgIpc) is 2.30. The second kappa shape index (κ2) is 6.26. The van der Waals surface area contributed by atoms with Crippen molar-refractivity contribution >= 4 is 11.9 Å². The van der Waals surface area contributed by atoms with Crippen molar-refractivity contribution in [2.75, 3.05) is 0 Å².